The van der Waals surface area contributed by atoms with Gasteiger partial charge in [0.25, 0.3) is 0 Å². The molecule has 30 heavy (non-hydrogen) atoms. The van der Waals surface area contributed by atoms with Gasteiger partial charge in [-0.25, -0.2) is 9.97 Å². The Kier molecular flexibility index (Phi) is 5.39. The molecule has 0 unspecified atom stereocenters. The maximum absolute atomic E-state index is 12.8. The third-order valence-corrected chi connectivity index (χ3v) is 5.55. The number of rotatable bonds is 4. The van der Waals surface area contributed by atoms with E-state index in [9.17, 15) is 9.90 Å². The number of phenols is 1. The number of amides is 1. The highest BCUT2D eigenvalue weighted by atomic mass is 16.3. The molecule has 0 atom stereocenters. The van der Waals surface area contributed by atoms with Gasteiger partial charge >= 0.3 is 0 Å². The van der Waals surface area contributed by atoms with Crippen LogP contribution in [0.3, 0.4) is 0 Å². The number of carbonyl (C=O) groups is 1. The van der Waals surface area contributed by atoms with Crippen LogP contribution >= 0.6 is 0 Å². The summed E-state index contributed by atoms with van der Waals surface area (Å²) < 4.78 is 0. The first-order chi connectivity index (χ1) is 14.4. The lowest BCUT2D eigenvalue weighted by Gasteiger charge is -2.35. The van der Waals surface area contributed by atoms with Crippen molar-refractivity contribution in [3.05, 3.63) is 53.0 Å². The first kappa shape index (κ1) is 19.9. The van der Waals surface area contributed by atoms with Gasteiger partial charge in [0.2, 0.25) is 5.91 Å². The number of aromatic nitrogens is 4. The molecule has 8 nitrogen and oxygen atoms in total. The fourth-order valence-corrected chi connectivity index (χ4v) is 3.78. The average Bonchev–Trinajstić information content (AvgIpc) is 3.05. The van der Waals surface area contributed by atoms with Crippen LogP contribution < -0.4 is 4.90 Å². The molecule has 8 heteroatoms. The summed E-state index contributed by atoms with van der Waals surface area (Å²) in [5.41, 5.74) is 4.27. The maximum atomic E-state index is 12.8. The summed E-state index contributed by atoms with van der Waals surface area (Å²) in [5, 5.41) is 17.3. The predicted molar refractivity (Wildman–Crippen MR) is 114 cm³/mol. The van der Waals surface area contributed by atoms with Crippen molar-refractivity contribution >= 4 is 11.7 Å². The highest BCUT2D eigenvalue weighted by Crippen LogP contribution is 2.28. The number of aromatic hydroxyl groups is 1. The van der Waals surface area contributed by atoms with Crippen LogP contribution in [0.5, 0.6) is 5.75 Å². The van der Waals surface area contributed by atoms with Gasteiger partial charge in [-0.3, -0.25) is 9.89 Å². The second kappa shape index (κ2) is 8.14. The van der Waals surface area contributed by atoms with E-state index in [-0.39, 0.29) is 11.7 Å². The number of H-pyrrole nitrogens is 1. The van der Waals surface area contributed by atoms with Crippen molar-refractivity contribution in [2.75, 3.05) is 31.1 Å². The summed E-state index contributed by atoms with van der Waals surface area (Å²) in [5.74, 6) is 1.60. The summed E-state index contributed by atoms with van der Waals surface area (Å²) in [6, 6.07) is 9.02. The van der Waals surface area contributed by atoms with Crippen molar-refractivity contribution < 1.29 is 9.90 Å². The Bertz CT molecular complexity index is 1050. The minimum absolute atomic E-state index is 0.121. The van der Waals surface area contributed by atoms with Crippen LogP contribution in [0.15, 0.2) is 30.3 Å². The van der Waals surface area contributed by atoms with Crippen LogP contribution in [0.1, 0.15) is 22.6 Å². The molecule has 0 bridgehead atoms. The smallest absolute Gasteiger partial charge is 0.227 e. The molecule has 3 heterocycles. The molecule has 1 aliphatic heterocycles. The van der Waals surface area contributed by atoms with E-state index < -0.39 is 0 Å². The number of aryl methyl sites for hydroxylation is 3. The lowest BCUT2D eigenvalue weighted by Crippen LogP contribution is -2.49. The molecule has 0 spiro atoms. The number of para-hydroxylation sites is 1. The van der Waals surface area contributed by atoms with Crippen molar-refractivity contribution in [1.82, 2.24) is 25.1 Å². The van der Waals surface area contributed by atoms with E-state index in [1.54, 1.807) is 12.1 Å². The largest absolute Gasteiger partial charge is 0.507 e. The molecule has 1 aromatic carbocycles. The lowest BCUT2D eigenvalue weighted by atomic mass is 10.1. The fraction of sp³-hybridized carbons (Fsp3) is 0.364. The van der Waals surface area contributed by atoms with Gasteiger partial charge in [0.1, 0.15) is 11.6 Å². The van der Waals surface area contributed by atoms with E-state index in [0.717, 1.165) is 28.5 Å². The zero-order valence-electron chi connectivity index (χ0n) is 17.5. The molecular weight excluding hydrogens is 380 g/mol. The summed E-state index contributed by atoms with van der Waals surface area (Å²) in [7, 11) is 0. The highest BCUT2D eigenvalue weighted by molar-refractivity contribution is 5.79. The molecule has 1 fully saturated rings. The summed E-state index contributed by atoms with van der Waals surface area (Å²) in [6.07, 6.45) is 0.373. The SMILES string of the molecule is Cc1cc(N2CCN(C(=O)Cc3c(C)n[nH]c3C)CC2)nc(-c2ccccc2O)n1. The number of benzene rings is 1. The number of nitrogens with one attached hydrogen (secondary N) is 1. The highest BCUT2D eigenvalue weighted by Gasteiger charge is 2.24. The molecule has 4 rings (SSSR count). The number of hydrogen-bond donors (Lipinski definition) is 2. The number of nitrogens with zero attached hydrogens (tertiary/aromatic N) is 5. The molecule has 156 valence electrons. The van der Waals surface area contributed by atoms with Gasteiger partial charge in [0.15, 0.2) is 5.82 Å². The van der Waals surface area contributed by atoms with E-state index in [4.69, 9.17) is 0 Å². The molecule has 0 aliphatic carbocycles. The predicted octanol–water partition coefficient (Wildman–Crippen LogP) is 2.39. The van der Waals surface area contributed by atoms with Gasteiger partial charge in [0.05, 0.1) is 17.7 Å². The topological polar surface area (TPSA) is 98.2 Å². The normalized spacial score (nSPS) is 14.2. The van der Waals surface area contributed by atoms with Gasteiger partial charge < -0.3 is 14.9 Å². The van der Waals surface area contributed by atoms with Crippen LogP contribution in [0.25, 0.3) is 11.4 Å². The molecule has 2 N–H and O–H groups in total. The monoisotopic (exact) mass is 406 g/mol. The Morgan fingerprint density at radius 2 is 1.83 bits per heavy atom. The number of piperazine rings is 1. The molecular formula is C22H26N6O2. The third-order valence-electron chi connectivity index (χ3n) is 5.55. The Morgan fingerprint density at radius 3 is 2.50 bits per heavy atom. The molecule has 0 saturated carbocycles. The van der Waals surface area contributed by atoms with Crippen LogP contribution in [-0.2, 0) is 11.2 Å². The van der Waals surface area contributed by atoms with Gasteiger partial charge in [-0.15, -0.1) is 0 Å². The number of carbonyl (C=O) groups excluding carboxylic acids is 1. The van der Waals surface area contributed by atoms with E-state index in [2.05, 4.69) is 25.1 Å². The molecule has 1 saturated heterocycles. The second-order valence-electron chi connectivity index (χ2n) is 7.67. The Hall–Kier alpha value is -3.42. The Labute approximate surface area is 175 Å². The number of anilines is 1. The van der Waals surface area contributed by atoms with Crippen molar-refractivity contribution in [2.45, 2.75) is 27.2 Å². The average molecular weight is 406 g/mol. The minimum atomic E-state index is 0.121. The van der Waals surface area contributed by atoms with Crippen LogP contribution in [-0.4, -0.2) is 62.3 Å². The van der Waals surface area contributed by atoms with Crippen molar-refractivity contribution in [2.24, 2.45) is 0 Å². The second-order valence-corrected chi connectivity index (χ2v) is 7.67. The summed E-state index contributed by atoms with van der Waals surface area (Å²) in [6.45, 7) is 8.47. The van der Waals surface area contributed by atoms with Crippen LogP contribution in [0.2, 0.25) is 0 Å². The molecule has 1 amide bonds. The van der Waals surface area contributed by atoms with Crippen LogP contribution in [0.4, 0.5) is 5.82 Å². The first-order valence-electron chi connectivity index (χ1n) is 10.1. The zero-order valence-corrected chi connectivity index (χ0v) is 17.5. The van der Waals surface area contributed by atoms with Gasteiger partial charge in [-0.1, -0.05) is 12.1 Å². The van der Waals surface area contributed by atoms with Gasteiger partial charge in [-0.05, 0) is 32.9 Å². The molecule has 1 aliphatic rings. The molecule has 2 aromatic heterocycles. The van der Waals surface area contributed by atoms with E-state index >= 15 is 0 Å². The summed E-state index contributed by atoms with van der Waals surface area (Å²) in [4.78, 5) is 26.0. The minimum Gasteiger partial charge on any atom is -0.507 e. The third kappa shape index (κ3) is 3.98. The fourth-order valence-electron chi connectivity index (χ4n) is 3.78. The molecule has 3 aromatic rings. The van der Waals surface area contributed by atoms with Crippen molar-refractivity contribution in [3.8, 4) is 17.1 Å². The quantitative estimate of drug-likeness (QED) is 0.690. The summed E-state index contributed by atoms with van der Waals surface area (Å²) >= 11 is 0. The number of phenolic OH excluding ortho intramolecular Hbond substituents is 1. The number of hydrogen-bond acceptors (Lipinski definition) is 6. The van der Waals surface area contributed by atoms with Gasteiger partial charge in [0, 0.05) is 49.2 Å². The maximum Gasteiger partial charge on any atom is 0.227 e. The van der Waals surface area contributed by atoms with Crippen molar-refractivity contribution in [3.63, 3.8) is 0 Å². The first-order valence-corrected chi connectivity index (χ1v) is 10.1. The van der Waals surface area contributed by atoms with Crippen LogP contribution in [0, 0.1) is 20.8 Å². The van der Waals surface area contributed by atoms with E-state index in [1.165, 1.54) is 0 Å². The standard InChI is InChI=1S/C22H26N6O2/c1-14-12-20(24-22(23-14)17-6-4-5-7-19(17)29)27-8-10-28(11-9-27)21(30)13-18-15(2)25-26-16(18)3/h4-7,12,29H,8-11,13H2,1-3H3,(H,25,26). The zero-order chi connectivity index (χ0) is 21.3. The Morgan fingerprint density at radius 1 is 1.10 bits per heavy atom. The lowest BCUT2D eigenvalue weighted by molar-refractivity contribution is -0.130. The van der Waals surface area contributed by atoms with Crippen molar-refractivity contribution in [1.29, 1.82) is 0 Å². The van der Waals surface area contributed by atoms with E-state index in [1.807, 2.05) is 43.9 Å². The molecule has 0 radical (unpaired) electrons. The van der Waals surface area contributed by atoms with E-state index in [0.29, 0.717) is 44.0 Å². The van der Waals surface area contributed by atoms with Gasteiger partial charge in [-0.2, -0.15) is 5.10 Å². The number of aromatic amines is 1. The Balaban J connectivity index is 1.45.